The first kappa shape index (κ1) is 15.9. The van der Waals surface area contributed by atoms with Crippen molar-refractivity contribution in [3.05, 3.63) is 38.9 Å². The molecule has 4 nitrogen and oxygen atoms in total. The molecule has 0 radical (unpaired) electrons. The van der Waals surface area contributed by atoms with Gasteiger partial charge in [0, 0.05) is 18.2 Å². The van der Waals surface area contributed by atoms with Crippen LogP contribution in [0.3, 0.4) is 0 Å². The van der Waals surface area contributed by atoms with E-state index in [1.54, 1.807) is 12.1 Å². The molecule has 1 N–H and O–H groups in total. The lowest BCUT2D eigenvalue weighted by molar-refractivity contribution is -0.385. The minimum atomic E-state index is -0.381. The fraction of sp³-hybridized carbons (Fsp3) is 0.571. The lowest BCUT2D eigenvalue weighted by Crippen LogP contribution is -2.43. The van der Waals surface area contributed by atoms with E-state index in [0.717, 1.165) is 19.3 Å². The van der Waals surface area contributed by atoms with E-state index in [2.05, 4.69) is 26.1 Å². The van der Waals surface area contributed by atoms with Crippen LogP contribution in [0.15, 0.2) is 18.2 Å². The first-order valence-corrected chi connectivity index (χ1v) is 7.04. The van der Waals surface area contributed by atoms with E-state index >= 15 is 0 Å². The number of nitro benzene ring substituents is 1. The quantitative estimate of drug-likeness (QED) is 0.600. The van der Waals surface area contributed by atoms with Gasteiger partial charge in [-0.2, -0.15) is 0 Å². The van der Waals surface area contributed by atoms with Gasteiger partial charge in [-0.1, -0.05) is 38.4 Å². The van der Waals surface area contributed by atoms with Crippen LogP contribution in [-0.2, 0) is 6.54 Å². The molecular weight excluding hydrogens is 264 g/mol. The molecule has 0 fully saturated rings. The summed E-state index contributed by atoms with van der Waals surface area (Å²) in [5.41, 5.74) is 0.665. The zero-order valence-electron chi connectivity index (χ0n) is 11.7. The third kappa shape index (κ3) is 3.67. The number of rotatable bonds is 7. The van der Waals surface area contributed by atoms with Gasteiger partial charge in [-0.05, 0) is 25.3 Å². The average Bonchev–Trinajstić information content (AvgIpc) is 2.42. The van der Waals surface area contributed by atoms with Gasteiger partial charge in [-0.15, -0.1) is 0 Å². The smallest absolute Gasteiger partial charge is 0.275 e. The fourth-order valence-electron chi connectivity index (χ4n) is 2.29. The number of nitrogens with zero attached hydrogens (tertiary/aromatic N) is 1. The van der Waals surface area contributed by atoms with Crippen molar-refractivity contribution in [3.63, 3.8) is 0 Å². The molecule has 0 atom stereocenters. The van der Waals surface area contributed by atoms with Gasteiger partial charge in [-0.3, -0.25) is 10.1 Å². The van der Waals surface area contributed by atoms with Gasteiger partial charge in [0.15, 0.2) is 0 Å². The highest BCUT2D eigenvalue weighted by Gasteiger charge is 2.25. The largest absolute Gasteiger partial charge is 0.307 e. The minimum Gasteiger partial charge on any atom is -0.307 e. The number of nitrogens with one attached hydrogen (secondary N) is 1. The summed E-state index contributed by atoms with van der Waals surface area (Å²) in [6, 6.07) is 4.79. The monoisotopic (exact) mass is 284 g/mol. The predicted molar refractivity (Wildman–Crippen MR) is 78.6 cm³/mol. The first-order valence-electron chi connectivity index (χ1n) is 6.66. The highest BCUT2D eigenvalue weighted by Crippen LogP contribution is 2.28. The molecular formula is C14H21ClN2O2. The van der Waals surface area contributed by atoms with Gasteiger partial charge in [0.2, 0.25) is 0 Å². The fourth-order valence-corrected chi connectivity index (χ4v) is 2.53. The van der Waals surface area contributed by atoms with Gasteiger partial charge in [0.25, 0.3) is 5.69 Å². The summed E-state index contributed by atoms with van der Waals surface area (Å²) in [7, 11) is 0. The molecule has 0 heterocycles. The van der Waals surface area contributed by atoms with E-state index in [1.165, 1.54) is 6.07 Å². The molecule has 106 valence electrons. The lowest BCUT2D eigenvalue weighted by atomic mass is 9.89. The molecule has 5 heteroatoms. The maximum absolute atomic E-state index is 11.0. The third-order valence-electron chi connectivity index (χ3n) is 3.96. The van der Waals surface area contributed by atoms with Crippen molar-refractivity contribution in [1.82, 2.24) is 5.32 Å². The molecule has 0 saturated carbocycles. The van der Waals surface area contributed by atoms with Crippen molar-refractivity contribution < 1.29 is 4.92 Å². The molecule has 0 unspecified atom stereocenters. The van der Waals surface area contributed by atoms with Gasteiger partial charge in [0.1, 0.15) is 0 Å². The van der Waals surface area contributed by atoms with Crippen LogP contribution in [0.25, 0.3) is 0 Å². The predicted octanol–water partition coefficient (Wildman–Crippen LogP) is 4.31. The Morgan fingerprint density at radius 3 is 2.32 bits per heavy atom. The molecule has 1 aromatic carbocycles. The summed E-state index contributed by atoms with van der Waals surface area (Å²) >= 11 is 6.09. The average molecular weight is 285 g/mol. The molecule has 0 aliphatic rings. The Labute approximate surface area is 119 Å². The van der Waals surface area contributed by atoms with E-state index in [1.807, 2.05) is 0 Å². The number of benzene rings is 1. The van der Waals surface area contributed by atoms with E-state index in [9.17, 15) is 10.1 Å². The van der Waals surface area contributed by atoms with Crippen molar-refractivity contribution in [2.45, 2.75) is 52.1 Å². The maximum atomic E-state index is 11.0. The summed E-state index contributed by atoms with van der Waals surface area (Å²) < 4.78 is 0. The summed E-state index contributed by atoms with van der Waals surface area (Å²) in [4.78, 5) is 10.6. The molecule has 0 aromatic heterocycles. The van der Waals surface area contributed by atoms with E-state index in [-0.39, 0.29) is 16.1 Å². The second kappa shape index (κ2) is 6.87. The second-order valence-corrected chi connectivity index (χ2v) is 5.10. The van der Waals surface area contributed by atoms with Crippen LogP contribution < -0.4 is 5.32 Å². The molecule has 0 saturated heterocycles. The summed E-state index contributed by atoms with van der Waals surface area (Å²) in [5.74, 6) is 0. The Balaban J connectivity index is 2.97. The highest BCUT2D eigenvalue weighted by atomic mass is 35.5. The van der Waals surface area contributed by atoms with Crippen LogP contribution >= 0.6 is 11.6 Å². The zero-order valence-corrected chi connectivity index (χ0v) is 12.5. The van der Waals surface area contributed by atoms with Crippen LogP contribution in [0, 0.1) is 10.1 Å². The van der Waals surface area contributed by atoms with Crippen LogP contribution in [-0.4, -0.2) is 10.5 Å². The second-order valence-electron chi connectivity index (χ2n) is 4.69. The molecule has 1 aromatic rings. The molecule has 0 aliphatic carbocycles. The number of hydrogen-bond acceptors (Lipinski definition) is 3. The molecule has 0 bridgehead atoms. The van der Waals surface area contributed by atoms with E-state index < -0.39 is 0 Å². The van der Waals surface area contributed by atoms with Crippen molar-refractivity contribution in [1.29, 1.82) is 0 Å². The van der Waals surface area contributed by atoms with Crippen molar-refractivity contribution in [2.75, 3.05) is 0 Å². The van der Waals surface area contributed by atoms with Crippen LogP contribution in [0.2, 0.25) is 5.02 Å². The summed E-state index contributed by atoms with van der Waals surface area (Å²) in [6.45, 7) is 6.80. The Kier molecular flexibility index (Phi) is 5.76. The molecule has 19 heavy (non-hydrogen) atoms. The Morgan fingerprint density at radius 2 is 1.84 bits per heavy atom. The van der Waals surface area contributed by atoms with Crippen LogP contribution in [0.5, 0.6) is 0 Å². The normalized spacial score (nSPS) is 11.6. The standard InChI is InChI=1S/C14H21ClN2O2/c1-4-14(5-2,6-3)16-10-11-12(15)8-7-9-13(11)17(18)19/h7-9,16H,4-6,10H2,1-3H3. The van der Waals surface area contributed by atoms with Crippen molar-refractivity contribution in [2.24, 2.45) is 0 Å². The molecule has 0 aliphatic heterocycles. The van der Waals surface area contributed by atoms with Crippen molar-refractivity contribution >= 4 is 17.3 Å². The van der Waals surface area contributed by atoms with Gasteiger partial charge >= 0.3 is 0 Å². The first-order chi connectivity index (χ1) is 8.99. The molecule has 0 amide bonds. The van der Waals surface area contributed by atoms with Crippen molar-refractivity contribution in [3.8, 4) is 0 Å². The molecule has 1 rings (SSSR count). The SMILES string of the molecule is CCC(CC)(CC)NCc1c(Cl)cccc1[N+](=O)[O-]. The minimum absolute atomic E-state index is 0.0209. The lowest BCUT2D eigenvalue weighted by Gasteiger charge is -2.32. The Hall–Kier alpha value is -1.13. The third-order valence-corrected chi connectivity index (χ3v) is 4.32. The number of halogens is 1. The van der Waals surface area contributed by atoms with Crippen LogP contribution in [0.1, 0.15) is 45.6 Å². The zero-order chi connectivity index (χ0) is 14.5. The summed E-state index contributed by atoms with van der Waals surface area (Å²) in [6.07, 6.45) is 2.95. The Bertz CT molecular complexity index is 437. The number of hydrogen-bond donors (Lipinski definition) is 1. The highest BCUT2D eigenvalue weighted by molar-refractivity contribution is 6.31. The Morgan fingerprint density at radius 1 is 1.26 bits per heavy atom. The topological polar surface area (TPSA) is 55.2 Å². The maximum Gasteiger partial charge on any atom is 0.275 e. The van der Waals surface area contributed by atoms with Gasteiger partial charge < -0.3 is 5.32 Å². The van der Waals surface area contributed by atoms with Gasteiger partial charge in [0.05, 0.1) is 15.5 Å². The van der Waals surface area contributed by atoms with Crippen LogP contribution in [0.4, 0.5) is 5.69 Å². The molecule has 0 spiro atoms. The summed E-state index contributed by atoms with van der Waals surface area (Å²) in [5, 5.41) is 14.9. The van der Waals surface area contributed by atoms with E-state index in [4.69, 9.17) is 11.6 Å². The van der Waals surface area contributed by atoms with E-state index in [0.29, 0.717) is 17.1 Å². The van der Waals surface area contributed by atoms with Gasteiger partial charge in [-0.25, -0.2) is 0 Å². The number of nitro groups is 1.